The van der Waals surface area contributed by atoms with Crippen molar-refractivity contribution in [2.45, 2.75) is 49.9 Å². The molecule has 2 N–H and O–H groups in total. The Morgan fingerprint density at radius 2 is 2.25 bits per heavy atom. The molecule has 0 radical (unpaired) electrons. The number of rotatable bonds is 4. The second kappa shape index (κ2) is 5.44. The number of nitrogens with one attached hydrogen (secondary N) is 2. The molecule has 0 atom stereocenters. The molecule has 20 heavy (non-hydrogen) atoms. The number of thioether (sulfide) groups is 1. The maximum Gasteiger partial charge on any atom is 0.254 e. The lowest BCUT2D eigenvalue weighted by Gasteiger charge is -2.06. The van der Waals surface area contributed by atoms with Crippen LogP contribution in [0.1, 0.15) is 48.8 Å². The van der Waals surface area contributed by atoms with Gasteiger partial charge >= 0.3 is 0 Å². The Morgan fingerprint density at radius 1 is 1.40 bits per heavy atom. The monoisotopic (exact) mass is 290 g/mol. The van der Waals surface area contributed by atoms with Crippen molar-refractivity contribution < 1.29 is 0 Å². The zero-order chi connectivity index (χ0) is 14.1. The van der Waals surface area contributed by atoms with E-state index in [1.54, 1.807) is 18.1 Å². The van der Waals surface area contributed by atoms with E-state index < -0.39 is 0 Å². The van der Waals surface area contributed by atoms with Crippen LogP contribution >= 0.6 is 11.8 Å². The van der Waals surface area contributed by atoms with Gasteiger partial charge in [-0.3, -0.25) is 4.79 Å². The molecular weight excluding hydrogens is 272 g/mol. The number of aromatic nitrogens is 4. The molecule has 1 aliphatic rings. The minimum atomic E-state index is 0.0312. The zero-order valence-electron chi connectivity index (χ0n) is 11.7. The van der Waals surface area contributed by atoms with Gasteiger partial charge in [-0.1, -0.05) is 25.6 Å². The van der Waals surface area contributed by atoms with E-state index in [2.05, 4.69) is 33.8 Å². The molecule has 0 aromatic carbocycles. The molecular formula is C14H18N4OS. The molecule has 0 aliphatic heterocycles. The standard InChI is InChI=1S/C14H18N4OS/c1-8(2)12-11(15-7-16-12)6-20-14-17-10-5-3-4-9(10)13(19)18-14/h7-8H,3-6H2,1-2H3,(H,15,16)(H,17,18,19). The van der Waals surface area contributed by atoms with Gasteiger partial charge in [-0.15, -0.1) is 0 Å². The Kier molecular flexibility index (Phi) is 3.65. The van der Waals surface area contributed by atoms with Crippen LogP contribution in [0.5, 0.6) is 0 Å². The van der Waals surface area contributed by atoms with Crippen LogP contribution in [0.4, 0.5) is 0 Å². The normalized spacial score (nSPS) is 13.9. The molecule has 0 bridgehead atoms. The molecule has 106 valence electrons. The van der Waals surface area contributed by atoms with Gasteiger partial charge in [0.2, 0.25) is 0 Å². The predicted octanol–water partition coefficient (Wildman–Crippen LogP) is 2.40. The highest BCUT2D eigenvalue weighted by atomic mass is 32.2. The molecule has 2 heterocycles. The van der Waals surface area contributed by atoms with Crippen molar-refractivity contribution in [1.29, 1.82) is 0 Å². The molecule has 0 saturated carbocycles. The van der Waals surface area contributed by atoms with Gasteiger partial charge in [0.15, 0.2) is 5.16 Å². The quantitative estimate of drug-likeness (QED) is 0.670. The van der Waals surface area contributed by atoms with Crippen molar-refractivity contribution in [3.05, 3.63) is 39.3 Å². The van der Waals surface area contributed by atoms with E-state index in [-0.39, 0.29) is 5.56 Å². The third-order valence-corrected chi connectivity index (χ3v) is 4.47. The molecule has 2 aromatic rings. The number of hydrogen-bond acceptors (Lipinski definition) is 4. The van der Waals surface area contributed by atoms with Gasteiger partial charge in [0.1, 0.15) is 0 Å². The molecule has 1 aliphatic carbocycles. The van der Waals surface area contributed by atoms with Crippen LogP contribution in [0.3, 0.4) is 0 Å². The first kappa shape index (κ1) is 13.4. The van der Waals surface area contributed by atoms with Crippen molar-refractivity contribution in [1.82, 2.24) is 19.9 Å². The lowest BCUT2D eigenvalue weighted by Crippen LogP contribution is -2.15. The number of hydrogen-bond donors (Lipinski definition) is 2. The van der Waals surface area contributed by atoms with Gasteiger partial charge in [-0.2, -0.15) is 0 Å². The Bertz CT molecular complexity index is 674. The summed E-state index contributed by atoms with van der Waals surface area (Å²) in [5, 5.41) is 0.708. The third-order valence-electron chi connectivity index (χ3n) is 3.57. The Morgan fingerprint density at radius 3 is 3.05 bits per heavy atom. The van der Waals surface area contributed by atoms with E-state index in [1.165, 1.54) is 0 Å². The summed E-state index contributed by atoms with van der Waals surface area (Å²) in [4.78, 5) is 26.9. The van der Waals surface area contributed by atoms with Gasteiger partial charge < -0.3 is 9.97 Å². The van der Waals surface area contributed by atoms with E-state index in [4.69, 9.17) is 0 Å². The van der Waals surface area contributed by atoms with Gasteiger partial charge in [-0.25, -0.2) is 9.97 Å². The first-order chi connectivity index (χ1) is 9.65. The molecule has 0 unspecified atom stereocenters. The van der Waals surface area contributed by atoms with Crippen LogP contribution in [-0.4, -0.2) is 19.9 Å². The van der Waals surface area contributed by atoms with E-state index in [0.717, 1.165) is 47.7 Å². The highest BCUT2D eigenvalue weighted by Gasteiger charge is 2.17. The summed E-state index contributed by atoms with van der Waals surface area (Å²) < 4.78 is 0. The first-order valence-corrected chi connectivity index (χ1v) is 7.90. The van der Waals surface area contributed by atoms with Crippen LogP contribution in [0.15, 0.2) is 16.3 Å². The molecule has 6 heteroatoms. The van der Waals surface area contributed by atoms with Crippen LogP contribution in [0, 0.1) is 0 Å². The van der Waals surface area contributed by atoms with Gasteiger partial charge in [0, 0.05) is 17.0 Å². The average Bonchev–Trinajstić information content (AvgIpc) is 3.04. The SMILES string of the molecule is CC(C)c1nc[nH]c1CSc1nc2c(c(=O)[nH]1)CCC2. The van der Waals surface area contributed by atoms with Crippen molar-refractivity contribution in [3.63, 3.8) is 0 Å². The average molecular weight is 290 g/mol. The number of aromatic amines is 2. The number of fused-ring (bicyclic) bond motifs is 1. The highest BCUT2D eigenvalue weighted by molar-refractivity contribution is 7.98. The lowest BCUT2D eigenvalue weighted by molar-refractivity contribution is 0.819. The fourth-order valence-corrected chi connectivity index (χ4v) is 3.42. The Balaban J connectivity index is 1.77. The van der Waals surface area contributed by atoms with Crippen LogP contribution < -0.4 is 5.56 Å². The van der Waals surface area contributed by atoms with Crippen molar-refractivity contribution in [2.24, 2.45) is 0 Å². The largest absolute Gasteiger partial charge is 0.348 e. The molecule has 5 nitrogen and oxygen atoms in total. The number of imidazole rings is 1. The third kappa shape index (κ3) is 2.52. The predicted molar refractivity (Wildman–Crippen MR) is 79.1 cm³/mol. The van der Waals surface area contributed by atoms with Crippen molar-refractivity contribution in [2.75, 3.05) is 0 Å². The fraction of sp³-hybridized carbons (Fsp3) is 0.500. The molecule has 2 aromatic heterocycles. The van der Waals surface area contributed by atoms with Crippen molar-refractivity contribution in [3.8, 4) is 0 Å². The summed E-state index contributed by atoms with van der Waals surface area (Å²) in [5.74, 6) is 1.14. The molecule has 0 fully saturated rings. The minimum Gasteiger partial charge on any atom is -0.348 e. The number of nitrogens with zero attached hydrogens (tertiary/aromatic N) is 2. The summed E-state index contributed by atoms with van der Waals surface area (Å²) >= 11 is 1.55. The van der Waals surface area contributed by atoms with E-state index in [1.807, 2.05) is 0 Å². The van der Waals surface area contributed by atoms with Crippen LogP contribution in [-0.2, 0) is 18.6 Å². The summed E-state index contributed by atoms with van der Waals surface area (Å²) in [6.45, 7) is 4.25. The molecule has 3 rings (SSSR count). The van der Waals surface area contributed by atoms with Crippen LogP contribution in [0.25, 0.3) is 0 Å². The minimum absolute atomic E-state index is 0.0312. The summed E-state index contributed by atoms with van der Waals surface area (Å²) in [6, 6.07) is 0. The second-order valence-corrected chi connectivity index (χ2v) is 6.32. The van der Waals surface area contributed by atoms with E-state index >= 15 is 0 Å². The van der Waals surface area contributed by atoms with E-state index in [0.29, 0.717) is 11.1 Å². The smallest absolute Gasteiger partial charge is 0.254 e. The molecule has 0 saturated heterocycles. The maximum atomic E-state index is 11.9. The number of aryl methyl sites for hydroxylation is 1. The zero-order valence-corrected chi connectivity index (χ0v) is 12.5. The Hall–Kier alpha value is -1.56. The molecule has 0 amide bonds. The van der Waals surface area contributed by atoms with Gasteiger partial charge in [0.25, 0.3) is 5.56 Å². The van der Waals surface area contributed by atoms with Crippen LogP contribution in [0.2, 0.25) is 0 Å². The van der Waals surface area contributed by atoms with Gasteiger partial charge in [0.05, 0.1) is 17.7 Å². The fourth-order valence-electron chi connectivity index (χ4n) is 2.57. The summed E-state index contributed by atoms with van der Waals surface area (Å²) in [5.41, 5.74) is 4.07. The van der Waals surface area contributed by atoms with Crippen molar-refractivity contribution >= 4 is 11.8 Å². The maximum absolute atomic E-state index is 11.9. The second-order valence-electron chi connectivity index (χ2n) is 5.36. The Labute approximate surface area is 121 Å². The van der Waals surface area contributed by atoms with E-state index in [9.17, 15) is 4.79 Å². The summed E-state index contributed by atoms with van der Waals surface area (Å²) in [6.07, 6.45) is 4.55. The first-order valence-electron chi connectivity index (χ1n) is 6.92. The van der Waals surface area contributed by atoms with Gasteiger partial charge in [-0.05, 0) is 25.2 Å². The molecule has 0 spiro atoms. The number of H-pyrrole nitrogens is 2. The summed E-state index contributed by atoms with van der Waals surface area (Å²) in [7, 11) is 0. The highest BCUT2D eigenvalue weighted by Crippen LogP contribution is 2.24. The lowest BCUT2D eigenvalue weighted by atomic mass is 10.1. The topological polar surface area (TPSA) is 74.4 Å².